The summed E-state index contributed by atoms with van der Waals surface area (Å²) in [7, 11) is 0. The molecule has 1 heterocycles. The van der Waals surface area contributed by atoms with E-state index in [4.69, 9.17) is 0 Å². The average Bonchev–Trinajstić information content (AvgIpc) is 2.46. The molecule has 108 valence electrons. The minimum atomic E-state index is 0.0962. The van der Waals surface area contributed by atoms with Crippen LogP contribution in [-0.2, 0) is 5.41 Å². The molecule has 4 bridgehead atoms. The third-order valence-electron chi connectivity index (χ3n) is 6.36. The molecular formula is C19H21NO. The Balaban J connectivity index is 1.69. The molecule has 6 rings (SSSR count). The van der Waals surface area contributed by atoms with Crippen LogP contribution in [0.5, 0.6) is 0 Å². The first-order valence-corrected chi connectivity index (χ1v) is 8.34. The molecule has 2 nitrogen and oxygen atoms in total. The molecule has 4 aliphatic carbocycles. The molecule has 4 saturated carbocycles. The Morgan fingerprint density at radius 2 is 1.57 bits per heavy atom. The van der Waals surface area contributed by atoms with E-state index in [1.807, 2.05) is 18.2 Å². The van der Waals surface area contributed by atoms with Crippen LogP contribution >= 0.6 is 0 Å². The van der Waals surface area contributed by atoms with Crippen molar-refractivity contribution in [2.75, 3.05) is 0 Å². The molecule has 0 saturated heterocycles. The molecule has 0 atom stereocenters. The van der Waals surface area contributed by atoms with Crippen molar-refractivity contribution in [1.29, 1.82) is 0 Å². The number of aromatic amines is 1. The van der Waals surface area contributed by atoms with Crippen LogP contribution in [0.3, 0.4) is 0 Å². The van der Waals surface area contributed by atoms with E-state index in [0.717, 1.165) is 28.5 Å². The van der Waals surface area contributed by atoms with Gasteiger partial charge in [0.05, 0.1) is 0 Å². The van der Waals surface area contributed by atoms with E-state index in [0.29, 0.717) is 0 Å². The number of nitrogens with one attached hydrogen (secondary N) is 1. The van der Waals surface area contributed by atoms with E-state index in [1.54, 1.807) is 0 Å². The van der Waals surface area contributed by atoms with Gasteiger partial charge in [-0.15, -0.1) is 0 Å². The Morgan fingerprint density at radius 3 is 2.24 bits per heavy atom. The van der Waals surface area contributed by atoms with Gasteiger partial charge in [0.25, 0.3) is 5.56 Å². The van der Waals surface area contributed by atoms with Gasteiger partial charge in [-0.3, -0.25) is 4.79 Å². The van der Waals surface area contributed by atoms with Gasteiger partial charge in [0.2, 0.25) is 0 Å². The molecular weight excluding hydrogens is 258 g/mol. The maximum Gasteiger partial charge on any atom is 0.256 e. The third-order valence-corrected chi connectivity index (χ3v) is 6.36. The number of pyridine rings is 1. The maximum atomic E-state index is 12.4. The average molecular weight is 279 g/mol. The normalized spacial score (nSPS) is 37.2. The Kier molecular flexibility index (Phi) is 2.29. The van der Waals surface area contributed by atoms with Crippen LogP contribution in [0.15, 0.2) is 35.1 Å². The van der Waals surface area contributed by atoms with Gasteiger partial charge in [-0.25, -0.2) is 0 Å². The van der Waals surface area contributed by atoms with Crippen molar-refractivity contribution < 1.29 is 0 Å². The molecule has 2 aromatic rings. The molecule has 1 aromatic carbocycles. The monoisotopic (exact) mass is 279 g/mol. The van der Waals surface area contributed by atoms with E-state index >= 15 is 0 Å². The lowest BCUT2D eigenvalue weighted by atomic mass is 9.48. The zero-order chi connectivity index (χ0) is 14.0. The number of hydrogen-bond donors (Lipinski definition) is 1. The van der Waals surface area contributed by atoms with Crippen LogP contribution in [0.25, 0.3) is 10.8 Å². The molecule has 0 spiro atoms. The second-order valence-electron chi connectivity index (χ2n) is 7.80. The van der Waals surface area contributed by atoms with E-state index in [9.17, 15) is 4.79 Å². The zero-order valence-corrected chi connectivity index (χ0v) is 12.3. The van der Waals surface area contributed by atoms with Gasteiger partial charge in [-0.1, -0.05) is 18.2 Å². The molecule has 4 fully saturated rings. The molecule has 0 amide bonds. The summed E-state index contributed by atoms with van der Waals surface area (Å²) in [6, 6.07) is 10.3. The third kappa shape index (κ3) is 1.68. The molecule has 21 heavy (non-hydrogen) atoms. The Bertz CT molecular complexity index is 737. The summed E-state index contributed by atoms with van der Waals surface area (Å²) >= 11 is 0. The van der Waals surface area contributed by atoms with Crippen molar-refractivity contribution in [3.8, 4) is 0 Å². The summed E-state index contributed by atoms with van der Waals surface area (Å²) in [6.45, 7) is 0. The van der Waals surface area contributed by atoms with Crippen molar-refractivity contribution in [2.45, 2.75) is 43.9 Å². The number of H-pyrrole nitrogens is 1. The summed E-state index contributed by atoms with van der Waals surface area (Å²) < 4.78 is 0. The first-order chi connectivity index (χ1) is 10.2. The highest BCUT2D eigenvalue weighted by Gasteiger charge is 2.52. The van der Waals surface area contributed by atoms with Gasteiger partial charge in [-0.05, 0) is 73.8 Å². The van der Waals surface area contributed by atoms with Crippen LogP contribution in [0.1, 0.15) is 44.2 Å². The SMILES string of the molecule is O=c1[nH]c(C23CC4CC(CC(C4)C2)C3)cc2ccccc12. The largest absolute Gasteiger partial charge is 0.325 e. The Morgan fingerprint density at radius 1 is 0.952 bits per heavy atom. The van der Waals surface area contributed by atoms with Gasteiger partial charge >= 0.3 is 0 Å². The lowest BCUT2D eigenvalue weighted by molar-refractivity contribution is -0.00720. The van der Waals surface area contributed by atoms with Crippen molar-refractivity contribution in [2.24, 2.45) is 17.8 Å². The number of fused-ring (bicyclic) bond motifs is 1. The molecule has 4 aliphatic rings. The molecule has 1 aromatic heterocycles. The van der Waals surface area contributed by atoms with Gasteiger partial charge in [0, 0.05) is 16.5 Å². The zero-order valence-electron chi connectivity index (χ0n) is 12.3. The summed E-state index contributed by atoms with van der Waals surface area (Å²) in [6.07, 6.45) is 8.22. The van der Waals surface area contributed by atoms with Crippen molar-refractivity contribution in [3.05, 3.63) is 46.4 Å². The second-order valence-corrected chi connectivity index (χ2v) is 7.80. The standard InChI is InChI=1S/C19H21NO/c21-18-16-4-2-1-3-15(16)8-17(20-18)19-9-12-5-13(10-19)7-14(6-12)11-19/h1-4,8,12-14H,5-7,9-11H2,(H,20,21). The van der Waals surface area contributed by atoms with Crippen molar-refractivity contribution in [3.63, 3.8) is 0 Å². The Hall–Kier alpha value is -1.57. The highest BCUT2D eigenvalue weighted by Crippen LogP contribution is 2.60. The lowest BCUT2D eigenvalue weighted by Crippen LogP contribution is -2.49. The molecule has 1 N–H and O–H groups in total. The second kappa shape index (κ2) is 4.00. The minimum absolute atomic E-state index is 0.0962. The number of benzene rings is 1. The van der Waals surface area contributed by atoms with Gasteiger partial charge < -0.3 is 4.98 Å². The van der Waals surface area contributed by atoms with Crippen LogP contribution in [0.4, 0.5) is 0 Å². The van der Waals surface area contributed by atoms with E-state index in [1.165, 1.54) is 44.2 Å². The van der Waals surface area contributed by atoms with Crippen molar-refractivity contribution >= 4 is 10.8 Å². The van der Waals surface area contributed by atoms with Crippen LogP contribution < -0.4 is 5.56 Å². The first-order valence-electron chi connectivity index (χ1n) is 8.34. The number of rotatable bonds is 1. The predicted molar refractivity (Wildman–Crippen MR) is 84.4 cm³/mol. The highest BCUT2D eigenvalue weighted by molar-refractivity contribution is 5.81. The minimum Gasteiger partial charge on any atom is -0.325 e. The summed E-state index contributed by atoms with van der Waals surface area (Å²) in [4.78, 5) is 15.7. The number of hydrogen-bond acceptors (Lipinski definition) is 1. The van der Waals surface area contributed by atoms with E-state index < -0.39 is 0 Å². The fourth-order valence-electron chi connectivity index (χ4n) is 5.94. The van der Waals surface area contributed by atoms with Gasteiger partial charge in [-0.2, -0.15) is 0 Å². The lowest BCUT2D eigenvalue weighted by Gasteiger charge is -2.56. The molecule has 2 heteroatoms. The topological polar surface area (TPSA) is 32.9 Å². The quantitative estimate of drug-likeness (QED) is 0.841. The van der Waals surface area contributed by atoms with Crippen molar-refractivity contribution in [1.82, 2.24) is 4.98 Å². The summed E-state index contributed by atoms with van der Waals surface area (Å²) in [5.41, 5.74) is 1.60. The first kappa shape index (κ1) is 12.0. The smallest absolute Gasteiger partial charge is 0.256 e. The summed E-state index contributed by atoms with van der Waals surface area (Å²) in [5.74, 6) is 2.73. The van der Waals surface area contributed by atoms with Crippen LogP contribution in [0, 0.1) is 17.8 Å². The van der Waals surface area contributed by atoms with E-state index in [2.05, 4.69) is 17.1 Å². The summed E-state index contributed by atoms with van der Waals surface area (Å²) in [5, 5.41) is 1.93. The fraction of sp³-hybridized carbons (Fsp3) is 0.526. The van der Waals surface area contributed by atoms with Crippen LogP contribution in [-0.4, -0.2) is 4.98 Å². The van der Waals surface area contributed by atoms with Gasteiger partial charge in [0.15, 0.2) is 0 Å². The molecule has 0 unspecified atom stereocenters. The Labute approximate surface area is 124 Å². The van der Waals surface area contributed by atoms with Crippen LogP contribution in [0.2, 0.25) is 0 Å². The molecule has 0 radical (unpaired) electrons. The van der Waals surface area contributed by atoms with E-state index in [-0.39, 0.29) is 11.0 Å². The van der Waals surface area contributed by atoms with Gasteiger partial charge in [0.1, 0.15) is 0 Å². The fourth-order valence-corrected chi connectivity index (χ4v) is 5.94. The predicted octanol–water partition coefficient (Wildman–Crippen LogP) is 4.00. The molecule has 0 aliphatic heterocycles. The highest BCUT2D eigenvalue weighted by atomic mass is 16.1. The number of aromatic nitrogens is 1. The maximum absolute atomic E-state index is 12.4.